The fraction of sp³-hybridized carbons (Fsp3) is 0.167. The Morgan fingerprint density at radius 3 is 2.26 bits per heavy atom. The van der Waals surface area contributed by atoms with Crippen molar-refractivity contribution in [1.82, 2.24) is 5.48 Å². The van der Waals surface area contributed by atoms with Crippen molar-refractivity contribution in [1.29, 1.82) is 0 Å². The summed E-state index contributed by atoms with van der Waals surface area (Å²) in [7, 11) is -2.88. The van der Waals surface area contributed by atoms with E-state index < -0.39 is 28.4 Å². The predicted octanol–water partition coefficient (Wildman–Crippen LogP) is 3.06. The van der Waals surface area contributed by atoms with Gasteiger partial charge in [0.1, 0.15) is 18.9 Å². The Kier molecular flexibility index (Phi) is 7.87. The van der Waals surface area contributed by atoms with Gasteiger partial charge in [-0.05, 0) is 48.4 Å². The largest absolute Gasteiger partial charge is 0.497 e. The highest BCUT2D eigenvalue weighted by Crippen LogP contribution is 2.31. The lowest BCUT2D eigenvalue weighted by atomic mass is 10.1. The number of methoxy groups -OCH3 is 1. The van der Waals surface area contributed by atoms with Crippen LogP contribution in [0.15, 0.2) is 77.7 Å². The summed E-state index contributed by atoms with van der Waals surface area (Å²) < 4.78 is 38.5. The monoisotopic (exact) mass is 484 g/mol. The van der Waals surface area contributed by atoms with E-state index in [0.717, 1.165) is 9.87 Å². The first kappa shape index (κ1) is 24.7. The van der Waals surface area contributed by atoms with Crippen LogP contribution in [0.3, 0.4) is 0 Å². The molecular weight excluding hydrogens is 460 g/mol. The number of aryl methyl sites for hydroxylation is 1. The van der Waals surface area contributed by atoms with Crippen molar-refractivity contribution in [3.05, 3.63) is 89.5 Å². The predicted molar refractivity (Wildman–Crippen MR) is 124 cm³/mol. The summed E-state index contributed by atoms with van der Waals surface area (Å²) in [6.45, 7) is 0.848. The third kappa shape index (κ3) is 5.53. The van der Waals surface area contributed by atoms with Gasteiger partial charge in [0.05, 0.1) is 23.3 Å². The van der Waals surface area contributed by atoms with Crippen LogP contribution in [0.4, 0.5) is 5.69 Å². The zero-order valence-electron chi connectivity index (χ0n) is 18.6. The molecule has 0 radical (unpaired) electrons. The maximum atomic E-state index is 13.6. The molecule has 0 aliphatic heterocycles. The molecule has 0 saturated heterocycles. The molecule has 0 fully saturated rings. The van der Waals surface area contributed by atoms with Gasteiger partial charge < -0.3 is 9.47 Å². The van der Waals surface area contributed by atoms with E-state index in [1.165, 1.54) is 49.0 Å². The van der Waals surface area contributed by atoms with Gasteiger partial charge in [0.2, 0.25) is 0 Å². The molecule has 2 N–H and O–H groups in total. The van der Waals surface area contributed by atoms with Crippen molar-refractivity contribution >= 4 is 27.6 Å². The summed E-state index contributed by atoms with van der Waals surface area (Å²) >= 11 is 0. The second kappa shape index (κ2) is 10.8. The maximum absolute atomic E-state index is 13.6. The number of esters is 1. The normalized spacial score (nSPS) is 10.9. The number of anilines is 1. The van der Waals surface area contributed by atoms with Crippen LogP contribution in [0.5, 0.6) is 5.75 Å². The molecule has 1 amide bonds. The van der Waals surface area contributed by atoms with Crippen molar-refractivity contribution in [2.75, 3.05) is 18.0 Å². The van der Waals surface area contributed by atoms with Crippen LogP contribution in [0.1, 0.15) is 21.5 Å². The third-order valence-corrected chi connectivity index (χ3v) is 6.76. The van der Waals surface area contributed by atoms with E-state index in [0.29, 0.717) is 11.3 Å². The molecule has 0 atom stereocenters. The minimum atomic E-state index is -4.33. The first-order valence-corrected chi connectivity index (χ1v) is 11.6. The summed E-state index contributed by atoms with van der Waals surface area (Å²) in [5, 5.41) is 9.18. The van der Waals surface area contributed by atoms with Gasteiger partial charge in [-0.25, -0.2) is 13.9 Å². The highest BCUT2D eigenvalue weighted by Gasteiger charge is 2.32. The van der Waals surface area contributed by atoms with Crippen LogP contribution in [0.2, 0.25) is 0 Å². The number of rotatable bonds is 9. The number of nitrogens with one attached hydrogen (secondary N) is 1. The molecule has 0 heterocycles. The van der Waals surface area contributed by atoms with Crippen LogP contribution in [0, 0.1) is 6.92 Å². The number of ether oxygens (including phenoxy) is 2. The van der Waals surface area contributed by atoms with Gasteiger partial charge in [-0.1, -0.05) is 42.5 Å². The van der Waals surface area contributed by atoms with E-state index in [-0.39, 0.29) is 22.8 Å². The van der Waals surface area contributed by atoms with Crippen LogP contribution < -0.4 is 14.5 Å². The molecule has 34 heavy (non-hydrogen) atoms. The van der Waals surface area contributed by atoms with Crippen molar-refractivity contribution in [2.45, 2.75) is 18.4 Å². The molecule has 0 aromatic heterocycles. The van der Waals surface area contributed by atoms with Crippen LogP contribution >= 0.6 is 0 Å². The molecule has 0 bridgehead atoms. The van der Waals surface area contributed by atoms with E-state index in [1.54, 1.807) is 37.3 Å². The van der Waals surface area contributed by atoms with Crippen molar-refractivity contribution in [2.24, 2.45) is 0 Å². The molecule has 9 nitrogen and oxygen atoms in total. The summed E-state index contributed by atoms with van der Waals surface area (Å²) in [6, 6.07) is 19.0. The van der Waals surface area contributed by atoms with Gasteiger partial charge in [0.25, 0.3) is 15.9 Å². The minimum absolute atomic E-state index is 0.0478. The first-order chi connectivity index (χ1) is 16.3. The second-order valence-electron chi connectivity index (χ2n) is 7.25. The van der Waals surface area contributed by atoms with E-state index in [4.69, 9.17) is 9.47 Å². The van der Waals surface area contributed by atoms with Crippen LogP contribution in [0.25, 0.3) is 0 Å². The first-order valence-electron chi connectivity index (χ1n) is 10.2. The van der Waals surface area contributed by atoms with Gasteiger partial charge >= 0.3 is 5.97 Å². The molecule has 178 valence electrons. The Bertz CT molecular complexity index is 1260. The van der Waals surface area contributed by atoms with E-state index in [2.05, 4.69) is 0 Å². The number of sulfonamides is 1. The Morgan fingerprint density at radius 2 is 1.65 bits per heavy atom. The molecule has 0 aliphatic carbocycles. The van der Waals surface area contributed by atoms with Crippen molar-refractivity contribution in [3.63, 3.8) is 0 Å². The number of amides is 1. The number of carbonyl (C=O) groups is 2. The smallest absolute Gasteiger partial charge is 0.327 e. The summed E-state index contributed by atoms with van der Waals surface area (Å²) in [5.74, 6) is -1.30. The fourth-order valence-electron chi connectivity index (χ4n) is 3.29. The Labute approximate surface area is 197 Å². The highest BCUT2D eigenvalue weighted by molar-refractivity contribution is 7.92. The lowest BCUT2D eigenvalue weighted by molar-refractivity contribution is -0.143. The maximum Gasteiger partial charge on any atom is 0.327 e. The SMILES string of the molecule is COc1ccc(S(=O)(=O)N(CC(=O)OCc2ccccc2)c2c(C)cccc2C(=O)NO)cc1. The number of hydroxylamine groups is 1. The van der Waals surface area contributed by atoms with Gasteiger partial charge in [0, 0.05) is 0 Å². The molecule has 3 aromatic carbocycles. The van der Waals surface area contributed by atoms with Gasteiger partial charge in [-0.15, -0.1) is 0 Å². The number of nitrogens with zero attached hydrogens (tertiary/aromatic N) is 1. The number of benzene rings is 3. The van der Waals surface area contributed by atoms with E-state index in [9.17, 15) is 23.2 Å². The third-order valence-electron chi connectivity index (χ3n) is 5.00. The average molecular weight is 485 g/mol. The topological polar surface area (TPSA) is 122 Å². The number of hydrogen-bond acceptors (Lipinski definition) is 7. The Balaban J connectivity index is 2.03. The number of carbonyl (C=O) groups excluding carboxylic acids is 2. The number of hydrogen-bond donors (Lipinski definition) is 2. The summed E-state index contributed by atoms with van der Waals surface area (Å²) in [5.41, 5.74) is 2.46. The number of para-hydroxylation sites is 1. The van der Waals surface area contributed by atoms with Gasteiger partial charge in [-0.3, -0.25) is 19.1 Å². The lowest BCUT2D eigenvalue weighted by Crippen LogP contribution is -2.38. The zero-order chi connectivity index (χ0) is 24.7. The molecule has 3 rings (SSSR count). The summed E-state index contributed by atoms with van der Waals surface area (Å²) in [6.07, 6.45) is 0. The van der Waals surface area contributed by atoms with E-state index >= 15 is 0 Å². The molecule has 0 unspecified atom stereocenters. The van der Waals surface area contributed by atoms with Gasteiger partial charge in [-0.2, -0.15) is 0 Å². The summed E-state index contributed by atoms with van der Waals surface area (Å²) in [4.78, 5) is 24.9. The minimum Gasteiger partial charge on any atom is -0.497 e. The van der Waals surface area contributed by atoms with Crippen LogP contribution in [-0.4, -0.2) is 39.2 Å². The van der Waals surface area contributed by atoms with Crippen LogP contribution in [-0.2, 0) is 26.2 Å². The molecule has 0 saturated carbocycles. The molecule has 0 spiro atoms. The zero-order valence-corrected chi connectivity index (χ0v) is 19.4. The van der Waals surface area contributed by atoms with Crippen molar-refractivity contribution < 1.29 is 32.7 Å². The molecular formula is C24H24N2O7S. The average Bonchev–Trinajstić information content (AvgIpc) is 2.86. The molecule has 10 heteroatoms. The Morgan fingerprint density at radius 1 is 0.971 bits per heavy atom. The quantitative estimate of drug-likeness (QED) is 0.272. The van der Waals surface area contributed by atoms with Crippen molar-refractivity contribution in [3.8, 4) is 5.75 Å². The standard InChI is InChI=1S/C24H24N2O7S/c1-17-7-6-10-21(24(28)25-29)23(17)26(15-22(27)33-16-18-8-4-3-5-9-18)34(30,31)20-13-11-19(32-2)12-14-20/h3-14,29H,15-16H2,1-2H3,(H,25,28). The molecule has 3 aromatic rings. The van der Waals surface area contributed by atoms with Gasteiger partial charge in [0.15, 0.2) is 0 Å². The lowest BCUT2D eigenvalue weighted by Gasteiger charge is -2.27. The second-order valence-corrected chi connectivity index (χ2v) is 9.11. The highest BCUT2D eigenvalue weighted by atomic mass is 32.2. The fourth-order valence-corrected chi connectivity index (χ4v) is 4.79. The van der Waals surface area contributed by atoms with E-state index in [1.807, 2.05) is 6.07 Å². The molecule has 0 aliphatic rings. The Hall–Kier alpha value is -3.89.